The zero-order valence-corrected chi connectivity index (χ0v) is 10.3. The lowest BCUT2D eigenvalue weighted by molar-refractivity contribution is 0.201. The van der Waals surface area contributed by atoms with Gasteiger partial charge in [-0.25, -0.2) is 4.79 Å². The van der Waals surface area contributed by atoms with E-state index in [1.165, 1.54) is 0 Å². The van der Waals surface area contributed by atoms with Gasteiger partial charge in [0.25, 0.3) is 0 Å². The minimum Gasteiger partial charge on any atom is -0.396 e. The van der Waals surface area contributed by atoms with Crippen LogP contribution in [-0.4, -0.2) is 54.4 Å². The molecule has 1 fully saturated rings. The van der Waals surface area contributed by atoms with E-state index in [2.05, 4.69) is 24.5 Å². The lowest BCUT2D eigenvalue weighted by atomic mass is 9.95. The normalized spacial score (nSPS) is 19.7. The molecule has 0 spiro atoms. The predicted molar refractivity (Wildman–Crippen MR) is 63.4 cm³/mol. The highest BCUT2D eigenvalue weighted by atomic mass is 16.3. The largest absolute Gasteiger partial charge is 0.396 e. The molecular weight excluding hydrogens is 206 g/mol. The zero-order valence-electron chi connectivity index (χ0n) is 10.3. The summed E-state index contributed by atoms with van der Waals surface area (Å²) in [6.07, 6.45) is 1.72. The standard InChI is InChI=1S/C11H23N3O2/c1-3-11(2,4-9-15)13-6-8-14-7-5-12-10(14)16/h13,15H,3-9H2,1-2H3,(H,12,16). The number of hydrogen-bond donors (Lipinski definition) is 3. The molecule has 0 saturated carbocycles. The second kappa shape index (κ2) is 6.06. The summed E-state index contributed by atoms with van der Waals surface area (Å²) in [6, 6.07) is 0.0298. The van der Waals surface area contributed by atoms with Crippen LogP contribution < -0.4 is 10.6 Å². The van der Waals surface area contributed by atoms with Crippen molar-refractivity contribution >= 4 is 6.03 Å². The van der Waals surface area contributed by atoms with Crippen molar-refractivity contribution in [3.63, 3.8) is 0 Å². The molecule has 0 radical (unpaired) electrons. The molecule has 1 saturated heterocycles. The van der Waals surface area contributed by atoms with E-state index in [0.29, 0.717) is 0 Å². The summed E-state index contributed by atoms with van der Waals surface area (Å²) in [5, 5.41) is 15.2. The van der Waals surface area contributed by atoms with Gasteiger partial charge in [0.1, 0.15) is 0 Å². The number of carbonyl (C=O) groups excluding carboxylic acids is 1. The highest BCUT2D eigenvalue weighted by Crippen LogP contribution is 2.13. The van der Waals surface area contributed by atoms with E-state index in [4.69, 9.17) is 5.11 Å². The fourth-order valence-electron chi connectivity index (χ4n) is 1.85. The Hall–Kier alpha value is -0.810. The van der Waals surface area contributed by atoms with Crippen LogP contribution in [0, 0.1) is 0 Å². The second-order valence-corrected chi connectivity index (χ2v) is 4.53. The van der Waals surface area contributed by atoms with Gasteiger partial charge in [-0.2, -0.15) is 0 Å². The Balaban J connectivity index is 2.25. The molecule has 5 heteroatoms. The molecule has 2 amide bonds. The SMILES string of the molecule is CCC(C)(CCO)NCCN1CCNC1=O. The molecule has 1 rings (SSSR count). The topological polar surface area (TPSA) is 64.6 Å². The van der Waals surface area contributed by atoms with Crippen LogP contribution in [0.15, 0.2) is 0 Å². The third-order valence-corrected chi connectivity index (χ3v) is 3.32. The Kier molecular flexibility index (Phi) is 5.02. The van der Waals surface area contributed by atoms with E-state index in [9.17, 15) is 4.79 Å². The quantitative estimate of drug-likeness (QED) is 0.582. The minimum absolute atomic E-state index is 0.0229. The number of nitrogens with zero attached hydrogens (tertiary/aromatic N) is 1. The first kappa shape index (κ1) is 13.3. The molecule has 0 bridgehead atoms. The number of nitrogens with one attached hydrogen (secondary N) is 2. The van der Waals surface area contributed by atoms with E-state index < -0.39 is 0 Å². The average molecular weight is 229 g/mol. The summed E-state index contributed by atoms with van der Waals surface area (Å²) >= 11 is 0. The van der Waals surface area contributed by atoms with Gasteiger partial charge in [-0.1, -0.05) is 6.92 Å². The molecule has 94 valence electrons. The average Bonchev–Trinajstić information content (AvgIpc) is 2.65. The van der Waals surface area contributed by atoms with Crippen LogP contribution in [0.25, 0.3) is 0 Å². The monoisotopic (exact) mass is 229 g/mol. The lowest BCUT2D eigenvalue weighted by Crippen LogP contribution is -2.46. The molecular formula is C11H23N3O2. The third-order valence-electron chi connectivity index (χ3n) is 3.32. The maximum atomic E-state index is 11.3. The fraction of sp³-hybridized carbons (Fsp3) is 0.909. The van der Waals surface area contributed by atoms with Crippen LogP contribution in [0.4, 0.5) is 4.79 Å². The third kappa shape index (κ3) is 3.64. The van der Waals surface area contributed by atoms with E-state index in [1.807, 2.05) is 4.90 Å². The van der Waals surface area contributed by atoms with Crippen molar-refractivity contribution in [1.82, 2.24) is 15.5 Å². The van der Waals surface area contributed by atoms with Crippen molar-refractivity contribution in [2.45, 2.75) is 32.2 Å². The molecule has 0 aromatic carbocycles. The minimum atomic E-state index is -0.0229. The van der Waals surface area contributed by atoms with Gasteiger partial charge in [0.15, 0.2) is 0 Å². The molecule has 1 heterocycles. The Morgan fingerprint density at radius 1 is 1.62 bits per heavy atom. The molecule has 1 aliphatic heterocycles. The summed E-state index contributed by atoms with van der Waals surface area (Å²) in [4.78, 5) is 13.1. The Labute approximate surface area is 97.2 Å². The molecule has 0 aromatic heterocycles. The molecule has 0 aromatic rings. The van der Waals surface area contributed by atoms with Crippen LogP contribution in [0.2, 0.25) is 0 Å². The highest BCUT2D eigenvalue weighted by molar-refractivity contribution is 5.76. The number of rotatable bonds is 7. The molecule has 5 nitrogen and oxygen atoms in total. The van der Waals surface area contributed by atoms with Crippen molar-refractivity contribution < 1.29 is 9.90 Å². The van der Waals surface area contributed by atoms with Crippen LogP contribution in [0.1, 0.15) is 26.7 Å². The van der Waals surface area contributed by atoms with Gasteiger partial charge in [0.05, 0.1) is 0 Å². The van der Waals surface area contributed by atoms with Crippen LogP contribution in [0.3, 0.4) is 0 Å². The first-order valence-corrected chi connectivity index (χ1v) is 6.00. The Morgan fingerprint density at radius 2 is 2.38 bits per heavy atom. The van der Waals surface area contributed by atoms with Crippen molar-refractivity contribution in [2.24, 2.45) is 0 Å². The van der Waals surface area contributed by atoms with Gasteiger partial charge >= 0.3 is 6.03 Å². The van der Waals surface area contributed by atoms with Crippen molar-refractivity contribution in [3.05, 3.63) is 0 Å². The first-order chi connectivity index (χ1) is 7.61. The van der Waals surface area contributed by atoms with Crippen molar-refractivity contribution in [2.75, 3.05) is 32.8 Å². The molecule has 1 atom stereocenters. The zero-order chi connectivity index (χ0) is 12.0. The van der Waals surface area contributed by atoms with Gasteiger partial charge < -0.3 is 20.6 Å². The summed E-state index contributed by atoms with van der Waals surface area (Å²) < 4.78 is 0. The van der Waals surface area contributed by atoms with Crippen LogP contribution in [0.5, 0.6) is 0 Å². The molecule has 1 unspecified atom stereocenters. The molecule has 1 aliphatic rings. The number of urea groups is 1. The summed E-state index contributed by atoms with van der Waals surface area (Å²) in [5.41, 5.74) is -0.0229. The van der Waals surface area contributed by atoms with E-state index in [-0.39, 0.29) is 18.2 Å². The molecule has 3 N–H and O–H groups in total. The number of aliphatic hydroxyl groups is 1. The number of hydrogen-bond acceptors (Lipinski definition) is 3. The van der Waals surface area contributed by atoms with E-state index in [1.54, 1.807) is 0 Å². The Morgan fingerprint density at radius 3 is 2.88 bits per heavy atom. The van der Waals surface area contributed by atoms with Crippen LogP contribution in [-0.2, 0) is 0 Å². The van der Waals surface area contributed by atoms with Gasteiger partial charge in [-0.05, 0) is 19.8 Å². The highest BCUT2D eigenvalue weighted by Gasteiger charge is 2.22. The van der Waals surface area contributed by atoms with Crippen LogP contribution >= 0.6 is 0 Å². The van der Waals surface area contributed by atoms with Crippen molar-refractivity contribution in [1.29, 1.82) is 0 Å². The van der Waals surface area contributed by atoms with Gasteiger partial charge in [0.2, 0.25) is 0 Å². The number of amides is 2. The van der Waals surface area contributed by atoms with Gasteiger partial charge in [0, 0.05) is 38.3 Å². The first-order valence-electron chi connectivity index (χ1n) is 6.00. The fourth-order valence-corrected chi connectivity index (χ4v) is 1.85. The summed E-state index contributed by atoms with van der Waals surface area (Å²) in [7, 11) is 0. The lowest BCUT2D eigenvalue weighted by Gasteiger charge is -2.30. The molecule has 0 aliphatic carbocycles. The van der Waals surface area contributed by atoms with E-state index in [0.717, 1.165) is 39.0 Å². The maximum Gasteiger partial charge on any atom is 0.317 e. The smallest absolute Gasteiger partial charge is 0.317 e. The summed E-state index contributed by atoms with van der Waals surface area (Å²) in [6.45, 7) is 7.45. The summed E-state index contributed by atoms with van der Waals surface area (Å²) in [5.74, 6) is 0. The molecule has 16 heavy (non-hydrogen) atoms. The van der Waals surface area contributed by atoms with Crippen molar-refractivity contribution in [3.8, 4) is 0 Å². The number of aliphatic hydroxyl groups excluding tert-OH is 1. The predicted octanol–water partition coefficient (Wildman–Crippen LogP) is 0.152. The van der Waals surface area contributed by atoms with Gasteiger partial charge in [-0.3, -0.25) is 0 Å². The van der Waals surface area contributed by atoms with Gasteiger partial charge in [-0.15, -0.1) is 0 Å². The van der Waals surface area contributed by atoms with E-state index >= 15 is 0 Å². The number of carbonyl (C=O) groups is 1. The Bertz CT molecular complexity index is 235. The second-order valence-electron chi connectivity index (χ2n) is 4.53. The maximum absolute atomic E-state index is 11.3.